The Balaban J connectivity index is 3.77. The minimum atomic E-state index is 0.101. The monoisotopic (exact) mass is 245 g/mol. The Morgan fingerprint density at radius 2 is 1.94 bits per heavy atom. The number of carbonyl (C=O) groups is 1. The Morgan fingerprint density at radius 1 is 1.38 bits per heavy atom. The summed E-state index contributed by atoms with van der Waals surface area (Å²) in [5.41, 5.74) is 5.44. The van der Waals surface area contributed by atoms with Crippen LogP contribution in [0.4, 0.5) is 0 Å². The van der Waals surface area contributed by atoms with Crippen LogP contribution in [0.3, 0.4) is 0 Å². The van der Waals surface area contributed by atoms with Crippen molar-refractivity contribution in [2.75, 3.05) is 19.6 Å². The van der Waals surface area contributed by atoms with E-state index < -0.39 is 0 Å². The van der Waals surface area contributed by atoms with Crippen LogP contribution in [-0.2, 0) is 4.79 Å². The molecule has 0 atom stereocenters. The van der Waals surface area contributed by atoms with Crippen molar-refractivity contribution >= 4 is 23.1 Å². The highest BCUT2D eigenvalue weighted by Gasteiger charge is 2.07. The first-order valence-corrected chi connectivity index (χ1v) is 6.16. The molecule has 0 spiro atoms. The second-order valence-electron chi connectivity index (χ2n) is 4.12. The summed E-state index contributed by atoms with van der Waals surface area (Å²) in [5.74, 6) is 0.101. The van der Waals surface area contributed by atoms with E-state index in [1.165, 1.54) is 0 Å². The van der Waals surface area contributed by atoms with Crippen molar-refractivity contribution < 1.29 is 4.79 Å². The van der Waals surface area contributed by atoms with E-state index in [0.29, 0.717) is 11.4 Å². The van der Waals surface area contributed by atoms with Gasteiger partial charge in [0, 0.05) is 32.0 Å². The number of carbonyl (C=O) groups excluding carboxylic acids is 1. The third kappa shape index (κ3) is 8.61. The molecular formula is C11H23N3OS. The fourth-order valence-corrected chi connectivity index (χ4v) is 1.44. The maximum Gasteiger partial charge on any atom is 0.221 e. The molecule has 94 valence electrons. The Hall–Kier alpha value is -0.680. The minimum Gasteiger partial charge on any atom is -0.393 e. The fourth-order valence-electron chi connectivity index (χ4n) is 1.35. The lowest BCUT2D eigenvalue weighted by atomic mass is 10.3. The standard InChI is InChI=1S/C11H23N3OS/c1-4-14(7-5-10(12)16)8-6-11(15)13-9(2)3/h9H,4-8H2,1-3H3,(H2,12,16)(H,13,15). The average molecular weight is 245 g/mol. The number of amides is 1. The Bertz CT molecular complexity index is 231. The van der Waals surface area contributed by atoms with Crippen LogP contribution in [0.1, 0.15) is 33.6 Å². The SMILES string of the molecule is CCN(CCC(=O)NC(C)C)CCC(N)=S. The first kappa shape index (κ1) is 15.3. The van der Waals surface area contributed by atoms with E-state index in [1.807, 2.05) is 13.8 Å². The molecule has 0 heterocycles. The van der Waals surface area contributed by atoms with Crippen LogP contribution < -0.4 is 11.1 Å². The maximum atomic E-state index is 11.4. The number of thiocarbonyl (C=S) groups is 1. The lowest BCUT2D eigenvalue weighted by Gasteiger charge is -2.20. The molecule has 0 unspecified atom stereocenters. The predicted molar refractivity (Wildman–Crippen MR) is 71.4 cm³/mol. The molecule has 0 radical (unpaired) electrons. The van der Waals surface area contributed by atoms with Crippen molar-refractivity contribution in [3.8, 4) is 0 Å². The zero-order valence-corrected chi connectivity index (χ0v) is 11.3. The molecule has 0 aliphatic heterocycles. The number of nitrogens with two attached hydrogens (primary N) is 1. The number of hydrogen-bond donors (Lipinski definition) is 2. The van der Waals surface area contributed by atoms with Crippen LogP contribution in [0.2, 0.25) is 0 Å². The van der Waals surface area contributed by atoms with Gasteiger partial charge in [-0.15, -0.1) is 0 Å². The van der Waals surface area contributed by atoms with Crippen molar-refractivity contribution in [1.82, 2.24) is 10.2 Å². The Labute approximate surface area is 104 Å². The lowest BCUT2D eigenvalue weighted by molar-refractivity contribution is -0.121. The van der Waals surface area contributed by atoms with Gasteiger partial charge in [-0.1, -0.05) is 19.1 Å². The Kier molecular flexibility index (Phi) is 8.11. The Morgan fingerprint density at radius 3 is 2.38 bits per heavy atom. The first-order valence-electron chi connectivity index (χ1n) is 5.75. The van der Waals surface area contributed by atoms with Crippen LogP contribution in [0, 0.1) is 0 Å². The van der Waals surface area contributed by atoms with E-state index in [9.17, 15) is 4.79 Å². The number of nitrogens with one attached hydrogen (secondary N) is 1. The van der Waals surface area contributed by atoms with E-state index in [-0.39, 0.29) is 11.9 Å². The van der Waals surface area contributed by atoms with Gasteiger partial charge in [0.05, 0.1) is 4.99 Å². The van der Waals surface area contributed by atoms with Crippen molar-refractivity contribution in [3.05, 3.63) is 0 Å². The molecule has 0 saturated carbocycles. The van der Waals surface area contributed by atoms with E-state index in [1.54, 1.807) is 0 Å². The van der Waals surface area contributed by atoms with Crippen molar-refractivity contribution in [1.29, 1.82) is 0 Å². The van der Waals surface area contributed by atoms with E-state index in [4.69, 9.17) is 18.0 Å². The normalized spacial score (nSPS) is 10.8. The minimum absolute atomic E-state index is 0.101. The van der Waals surface area contributed by atoms with Gasteiger partial charge < -0.3 is 16.0 Å². The molecule has 5 heteroatoms. The van der Waals surface area contributed by atoms with Gasteiger partial charge in [0.15, 0.2) is 0 Å². The van der Waals surface area contributed by atoms with Gasteiger partial charge >= 0.3 is 0 Å². The van der Waals surface area contributed by atoms with Crippen molar-refractivity contribution in [2.24, 2.45) is 5.73 Å². The van der Waals surface area contributed by atoms with Gasteiger partial charge in [0.1, 0.15) is 0 Å². The van der Waals surface area contributed by atoms with Gasteiger partial charge in [-0.3, -0.25) is 4.79 Å². The molecule has 0 aliphatic rings. The molecule has 0 saturated heterocycles. The van der Waals surface area contributed by atoms with Gasteiger partial charge in [0.2, 0.25) is 5.91 Å². The summed E-state index contributed by atoms with van der Waals surface area (Å²) < 4.78 is 0. The largest absolute Gasteiger partial charge is 0.393 e. The summed E-state index contributed by atoms with van der Waals surface area (Å²) >= 11 is 4.83. The topological polar surface area (TPSA) is 58.4 Å². The average Bonchev–Trinajstić information content (AvgIpc) is 2.16. The van der Waals surface area contributed by atoms with E-state index in [0.717, 1.165) is 26.1 Å². The van der Waals surface area contributed by atoms with Crippen LogP contribution in [-0.4, -0.2) is 41.5 Å². The van der Waals surface area contributed by atoms with Crippen LogP contribution >= 0.6 is 12.2 Å². The second kappa shape index (κ2) is 8.47. The molecule has 0 rings (SSSR count). The van der Waals surface area contributed by atoms with Gasteiger partial charge in [-0.05, 0) is 20.4 Å². The number of hydrogen-bond acceptors (Lipinski definition) is 3. The van der Waals surface area contributed by atoms with E-state index >= 15 is 0 Å². The predicted octanol–water partition coefficient (Wildman–Crippen LogP) is 0.899. The first-order chi connectivity index (χ1) is 7.45. The van der Waals surface area contributed by atoms with Crippen LogP contribution in [0.15, 0.2) is 0 Å². The third-order valence-corrected chi connectivity index (χ3v) is 2.43. The summed E-state index contributed by atoms with van der Waals surface area (Å²) in [6, 6.07) is 0.208. The summed E-state index contributed by atoms with van der Waals surface area (Å²) in [6.07, 6.45) is 1.25. The zero-order valence-electron chi connectivity index (χ0n) is 10.5. The second-order valence-corrected chi connectivity index (χ2v) is 4.65. The summed E-state index contributed by atoms with van der Waals surface area (Å²) in [7, 11) is 0. The molecule has 16 heavy (non-hydrogen) atoms. The van der Waals surface area contributed by atoms with Gasteiger partial charge in [-0.25, -0.2) is 0 Å². The lowest BCUT2D eigenvalue weighted by Crippen LogP contribution is -2.35. The molecule has 0 aliphatic carbocycles. The molecule has 3 N–H and O–H groups in total. The molecule has 4 nitrogen and oxygen atoms in total. The third-order valence-electron chi connectivity index (χ3n) is 2.23. The maximum absolute atomic E-state index is 11.4. The molecular weight excluding hydrogens is 222 g/mol. The number of nitrogens with zero attached hydrogens (tertiary/aromatic N) is 1. The van der Waals surface area contributed by atoms with Gasteiger partial charge in [0.25, 0.3) is 0 Å². The number of rotatable bonds is 8. The molecule has 0 aromatic rings. The van der Waals surface area contributed by atoms with Crippen LogP contribution in [0.5, 0.6) is 0 Å². The van der Waals surface area contributed by atoms with Gasteiger partial charge in [-0.2, -0.15) is 0 Å². The molecule has 0 bridgehead atoms. The van der Waals surface area contributed by atoms with E-state index in [2.05, 4.69) is 17.1 Å². The highest BCUT2D eigenvalue weighted by molar-refractivity contribution is 7.80. The highest BCUT2D eigenvalue weighted by Crippen LogP contribution is 1.95. The summed E-state index contributed by atoms with van der Waals surface area (Å²) in [5, 5.41) is 2.87. The molecule has 1 amide bonds. The van der Waals surface area contributed by atoms with Crippen molar-refractivity contribution in [3.63, 3.8) is 0 Å². The summed E-state index contributed by atoms with van der Waals surface area (Å²) in [4.78, 5) is 14.1. The molecule has 0 aromatic carbocycles. The smallest absolute Gasteiger partial charge is 0.221 e. The molecule has 0 fully saturated rings. The van der Waals surface area contributed by atoms with Crippen molar-refractivity contribution in [2.45, 2.75) is 39.7 Å². The summed E-state index contributed by atoms with van der Waals surface area (Å²) in [6.45, 7) is 8.50. The fraction of sp³-hybridized carbons (Fsp3) is 0.818. The van der Waals surface area contributed by atoms with Crippen LogP contribution in [0.25, 0.3) is 0 Å². The quantitative estimate of drug-likeness (QED) is 0.624. The highest BCUT2D eigenvalue weighted by atomic mass is 32.1. The molecule has 0 aromatic heterocycles. The zero-order chi connectivity index (χ0) is 12.6.